The molecule has 0 spiro atoms. The third-order valence-electron chi connectivity index (χ3n) is 1.62. The van der Waals surface area contributed by atoms with Crippen molar-refractivity contribution in [3.63, 3.8) is 0 Å². The van der Waals surface area contributed by atoms with Crippen molar-refractivity contribution in [3.05, 3.63) is 24.4 Å². The summed E-state index contributed by atoms with van der Waals surface area (Å²) in [5.41, 5.74) is 5.33. The lowest BCUT2D eigenvalue weighted by Gasteiger charge is -1.99. The molecule has 14 heavy (non-hydrogen) atoms. The van der Waals surface area contributed by atoms with E-state index in [2.05, 4.69) is 25.3 Å². The lowest BCUT2D eigenvalue weighted by Crippen LogP contribution is -2.13. The highest BCUT2D eigenvalue weighted by Crippen LogP contribution is 2.12. The first-order chi connectivity index (χ1) is 6.77. The monoisotopic (exact) mass is 192 g/mol. The molecule has 0 saturated carbocycles. The molecule has 2 aromatic heterocycles. The van der Waals surface area contributed by atoms with Crippen LogP contribution < -0.4 is 11.1 Å². The summed E-state index contributed by atoms with van der Waals surface area (Å²) in [6.45, 7) is 0. The number of rotatable bonds is 3. The van der Waals surface area contributed by atoms with Crippen LogP contribution in [0.15, 0.2) is 18.7 Å². The van der Waals surface area contributed by atoms with Gasteiger partial charge in [-0.15, -0.1) is 0 Å². The lowest BCUT2D eigenvalue weighted by atomic mass is 10.4. The average Bonchev–Trinajstić information content (AvgIpc) is 2.75. The molecule has 2 aromatic rings. The van der Waals surface area contributed by atoms with Gasteiger partial charge in [-0.25, -0.2) is 9.97 Å². The molecule has 1 amide bonds. The highest BCUT2D eigenvalue weighted by molar-refractivity contribution is 5.96. The molecule has 0 atom stereocenters. The van der Waals surface area contributed by atoms with Gasteiger partial charge in [0, 0.05) is 12.4 Å². The summed E-state index contributed by atoms with van der Waals surface area (Å²) in [5.74, 6) is 0.281. The van der Waals surface area contributed by atoms with E-state index >= 15 is 0 Å². The SMILES string of the molecule is NC(=O)c1[nH]cnc1Nc1ncc[nH]1. The third-order valence-corrected chi connectivity index (χ3v) is 1.62. The number of carbonyl (C=O) groups excluding carboxylic acids is 1. The van der Waals surface area contributed by atoms with Crippen molar-refractivity contribution < 1.29 is 4.79 Å². The van der Waals surface area contributed by atoms with Gasteiger partial charge < -0.3 is 21.0 Å². The average molecular weight is 192 g/mol. The first-order valence-electron chi connectivity index (χ1n) is 3.87. The van der Waals surface area contributed by atoms with Crippen LogP contribution in [0.2, 0.25) is 0 Å². The maximum atomic E-state index is 10.9. The Balaban J connectivity index is 2.25. The third kappa shape index (κ3) is 1.42. The minimum Gasteiger partial charge on any atom is -0.364 e. The maximum Gasteiger partial charge on any atom is 0.269 e. The number of anilines is 2. The maximum absolute atomic E-state index is 10.9. The van der Waals surface area contributed by atoms with Crippen molar-refractivity contribution >= 4 is 17.7 Å². The number of aromatic nitrogens is 4. The molecule has 0 aliphatic carbocycles. The van der Waals surface area contributed by atoms with Crippen molar-refractivity contribution in [2.24, 2.45) is 5.73 Å². The van der Waals surface area contributed by atoms with Gasteiger partial charge in [-0.3, -0.25) is 4.79 Å². The summed E-state index contributed by atoms with van der Waals surface area (Å²) in [6.07, 6.45) is 4.61. The molecule has 0 unspecified atom stereocenters. The van der Waals surface area contributed by atoms with E-state index in [0.29, 0.717) is 11.8 Å². The van der Waals surface area contributed by atoms with Gasteiger partial charge in [0.15, 0.2) is 5.82 Å². The fourth-order valence-electron chi connectivity index (χ4n) is 1.02. The summed E-state index contributed by atoms with van der Waals surface area (Å²) in [5, 5.41) is 2.80. The van der Waals surface area contributed by atoms with Crippen molar-refractivity contribution in [1.82, 2.24) is 19.9 Å². The second-order valence-electron chi connectivity index (χ2n) is 2.55. The molecule has 5 N–H and O–H groups in total. The number of amides is 1. The van der Waals surface area contributed by atoms with Crippen LogP contribution in [-0.2, 0) is 0 Å². The summed E-state index contributed by atoms with van der Waals surface area (Å²) in [6, 6.07) is 0. The zero-order valence-corrected chi connectivity index (χ0v) is 7.11. The van der Waals surface area contributed by atoms with E-state index in [1.165, 1.54) is 6.33 Å². The fourth-order valence-corrected chi connectivity index (χ4v) is 1.02. The molecule has 0 aromatic carbocycles. The Kier molecular flexibility index (Phi) is 1.90. The molecule has 7 nitrogen and oxygen atoms in total. The summed E-state index contributed by atoms with van der Waals surface area (Å²) in [7, 11) is 0. The molecule has 72 valence electrons. The van der Waals surface area contributed by atoms with E-state index in [4.69, 9.17) is 5.73 Å². The van der Waals surface area contributed by atoms with Crippen LogP contribution in [0.1, 0.15) is 10.5 Å². The molecule has 2 rings (SSSR count). The van der Waals surface area contributed by atoms with Crippen molar-refractivity contribution in [1.29, 1.82) is 0 Å². The molecular formula is C7H8N6O. The number of hydrogen-bond acceptors (Lipinski definition) is 4. The van der Waals surface area contributed by atoms with Crippen LogP contribution in [-0.4, -0.2) is 25.8 Å². The van der Waals surface area contributed by atoms with Crippen molar-refractivity contribution in [2.45, 2.75) is 0 Å². The van der Waals surface area contributed by atoms with E-state index in [9.17, 15) is 4.79 Å². The first kappa shape index (κ1) is 8.30. The molecular weight excluding hydrogens is 184 g/mol. The standard InChI is InChI=1S/C7H8N6O/c8-5(14)4-6(12-3-11-4)13-7-9-1-2-10-7/h1-3H,(H2,8,14)(H,11,12)(H2,9,10,13). The van der Waals surface area contributed by atoms with E-state index < -0.39 is 5.91 Å². The van der Waals surface area contributed by atoms with Gasteiger partial charge in [-0.1, -0.05) is 0 Å². The van der Waals surface area contributed by atoms with E-state index in [1.807, 2.05) is 0 Å². The number of carbonyl (C=O) groups is 1. The van der Waals surface area contributed by atoms with Gasteiger partial charge in [0.1, 0.15) is 5.69 Å². The molecule has 0 aliphatic rings. The highest BCUT2D eigenvalue weighted by Gasteiger charge is 2.11. The first-order valence-corrected chi connectivity index (χ1v) is 3.87. The van der Waals surface area contributed by atoms with Gasteiger partial charge in [0.05, 0.1) is 6.33 Å². The second kappa shape index (κ2) is 3.21. The minimum atomic E-state index is -0.573. The zero-order chi connectivity index (χ0) is 9.97. The van der Waals surface area contributed by atoms with Crippen LogP contribution in [0.25, 0.3) is 0 Å². The van der Waals surface area contributed by atoms with E-state index in [0.717, 1.165) is 0 Å². The molecule has 7 heteroatoms. The topological polar surface area (TPSA) is 112 Å². The molecule has 2 heterocycles. The largest absolute Gasteiger partial charge is 0.364 e. The second-order valence-corrected chi connectivity index (χ2v) is 2.55. The Labute approximate surface area is 78.8 Å². The number of aromatic amines is 2. The Morgan fingerprint density at radius 3 is 2.93 bits per heavy atom. The number of primary amides is 1. The number of nitrogens with zero attached hydrogens (tertiary/aromatic N) is 2. The Morgan fingerprint density at radius 2 is 2.29 bits per heavy atom. The number of hydrogen-bond donors (Lipinski definition) is 4. The smallest absolute Gasteiger partial charge is 0.269 e. The van der Waals surface area contributed by atoms with Gasteiger partial charge in [-0.05, 0) is 0 Å². The van der Waals surface area contributed by atoms with Crippen LogP contribution >= 0.6 is 0 Å². The Bertz CT molecular complexity index is 431. The van der Waals surface area contributed by atoms with Crippen LogP contribution in [0.3, 0.4) is 0 Å². The van der Waals surface area contributed by atoms with E-state index in [1.54, 1.807) is 12.4 Å². The number of nitrogens with two attached hydrogens (primary N) is 1. The summed E-state index contributed by atoms with van der Waals surface area (Å²) >= 11 is 0. The fraction of sp³-hybridized carbons (Fsp3) is 0. The van der Waals surface area contributed by atoms with Gasteiger partial charge in [0.2, 0.25) is 5.95 Å². The Morgan fingerprint density at radius 1 is 1.43 bits per heavy atom. The highest BCUT2D eigenvalue weighted by atomic mass is 16.1. The summed E-state index contributed by atoms with van der Waals surface area (Å²) < 4.78 is 0. The Hall–Kier alpha value is -2.31. The van der Waals surface area contributed by atoms with Gasteiger partial charge in [0.25, 0.3) is 5.91 Å². The van der Waals surface area contributed by atoms with Crippen LogP contribution in [0.5, 0.6) is 0 Å². The lowest BCUT2D eigenvalue weighted by molar-refractivity contribution is 0.0997. The summed E-state index contributed by atoms with van der Waals surface area (Å²) in [4.78, 5) is 24.1. The zero-order valence-electron chi connectivity index (χ0n) is 7.11. The molecule has 0 radical (unpaired) electrons. The number of imidazole rings is 2. The van der Waals surface area contributed by atoms with Gasteiger partial charge in [-0.2, -0.15) is 0 Å². The quantitative estimate of drug-likeness (QED) is 0.547. The van der Waals surface area contributed by atoms with E-state index in [-0.39, 0.29) is 5.69 Å². The number of H-pyrrole nitrogens is 2. The predicted molar refractivity (Wildman–Crippen MR) is 49.0 cm³/mol. The van der Waals surface area contributed by atoms with Crippen molar-refractivity contribution in [3.8, 4) is 0 Å². The van der Waals surface area contributed by atoms with Crippen molar-refractivity contribution in [2.75, 3.05) is 5.32 Å². The minimum absolute atomic E-state index is 0.224. The molecule has 0 saturated heterocycles. The van der Waals surface area contributed by atoms with Crippen LogP contribution in [0.4, 0.5) is 11.8 Å². The normalized spacial score (nSPS) is 10.0. The van der Waals surface area contributed by atoms with Crippen LogP contribution in [0, 0.1) is 0 Å². The predicted octanol–water partition coefficient (Wildman–Crippen LogP) is -0.0247. The number of nitrogens with one attached hydrogen (secondary N) is 3. The van der Waals surface area contributed by atoms with Gasteiger partial charge >= 0.3 is 0 Å². The molecule has 0 bridgehead atoms. The molecule has 0 aliphatic heterocycles. The molecule has 0 fully saturated rings.